The van der Waals surface area contributed by atoms with E-state index in [1.165, 1.54) is 0 Å². The molecule has 0 bridgehead atoms. The molecule has 0 fully saturated rings. The Balaban J connectivity index is 2.22. The highest BCUT2D eigenvalue weighted by Crippen LogP contribution is 2.27. The zero-order chi connectivity index (χ0) is 10.7. The van der Waals surface area contributed by atoms with Crippen molar-refractivity contribution in [3.05, 3.63) is 48.3 Å². The number of thiocarbonyl (C=S) groups is 1. The van der Waals surface area contributed by atoms with Crippen LogP contribution in [0.15, 0.2) is 48.3 Å². The second kappa shape index (κ2) is 4.28. The number of rotatable bonds is 2. The van der Waals surface area contributed by atoms with Gasteiger partial charge in [-0.1, -0.05) is 36.5 Å². The molecule has 0 unspecified atom stereocenters. The standard InChI is InChI=1S/C12H10O2S/c13-9-5-1-2-6-10(9)14-11-7-3-4-8-12(11)15/h1-7,13H,8H2. The molecular formula is C12H10O2S. The SMILES string of the molecule is Oc1ccccc1OC1=CC=CCC1=S. The molecule has 1 aliphatic rings. The van der Waals surface area contributed by atoms with Crippen LogP contribution in [0.2, 0.25) is 0 Å². The van der Waals surface area contributed by atoms with Crippen LogP contribution in [0.5, 0.6) is 11.5 Å². The third-order valence-corrected chi connectivity index (χ3v) is 2.41. The minimum Gasteiger partial charge on any atom is -0.504 e. The van der Waals surface area contributed by atoms with Crippen molar-refractivity contribution >= 4 is 17.1 Å². The maximum Gasteiger partial charge on any atom is 0.169 e. The Labute approximate surface area is 93.5 Å². The molecule has 3 heteroatoms. The molecule has 15 heavy (non-hydrogen) atoms. The quantitative estimate of drug-likeness (QED) is 0.774. The predicted molar refractivity (Wildman–Crippen MR) is 63.2 cm³/mol. The Morgan fingerprint density at radius 2 is 2.07 bits per heavy atom. The molecule has 2 nitrogen and oxygen atoms in total. The highest BCUT2D eigenvalue weighted by Gasteiger charge is 2.10. The van der Waals surface area contributed by atoms with Crippen LogP contribution in [0, 0.1) is 0 Å². The average Bonchev–Trinajstić information content (AvgIpc) is 2.24. The summed E-state index contributed by atoms with van der Waals surface area (Å²) in [5, 5.41) is 9.51. The summed E-state index contributed by atoms with van der Waals surface area (Å²) in [7, 11) is 0. The smallest absolute Gasteiger partial charge is 0.169 e. The maximum absolute atomic E-state index is 9.51. The molecule has 0 saturated carbocycles. The third-order valence-electron chi connectivity index (χ3n) is 2.05. The lowest BCUT2D eigenvalue weighted by molar-refractivity contribution is 0.397. The molecule has 0 radical (unpaired) electrons. The number of ether oxygens (including phenoxy) is 1. The van der Waals surface area contributed by atoms with E-state index >= 15 is 0 Å². The maximum atomic E-state index is 9.51. The van der Waals surface area contributed by atoms with Gasteiger partial charge in [0.25, 0.3) is 0 Å². The van der Waals surface area contributed by atoms with Crippen LogP contribution in [0.4, 0.5) is 0 Å². The average molecular weight is 218 g/mol. The number of allylic oxidation sites excluding steroid dienone is 4. The molecule has 0 aliphatic heterocycles. The lowest BCUT2D eigenvalue weighted by Gasteiger charge is -2.12. The van der Waals surface area contributed by atoms with Gasteiger partial charge in [-0.25, -0.2) is 0 Å². The van der Waals surface area contributed by atoms with Crippen molar-refractivity contribution < 1.29 is 9.84 Å². The van der Waals surface area contributed by atoms with E-state index in [9.17, 15) is 5.11 Å². The molecule has 76 valence electrons. The Bertz CT molecular complexity index is 447. The van der Waals surface area contributed by atoms with Gasteiger partial charge in [0.2, 0.25) is 0 Å². The molecule has 0 amide bonds. The normalized spacial score (nSPS) is 14.9. The molecule has 0 atom stereocenters. The topological polar surface area (TPSA) is 29.5 Å². The lowest BCUT2D eigenvalue weighted by atomic mass is 10.1. The molecule has 1 aliphatic carbocycles. The Morgan fingerprint density at radius 3 is 2.80 bits per heavy atom. The van der Waals surface area contributed by atoms with E-state index in [1.807, 2.05) is 12.2 Å². The van der Waals surface area contributed by atoms with Crippen molar-refractivity contribution in [1.29, 1.82) is 0 Å². The van der Waals surface area contributed by atoms with Gasteiger partial charge in [-0.05, 0) is 18.2 Å². The van der Waals surface area contributed by atoms with Crippen molar-refractivity contribution in [2.75, 3.05) is 0 Å². The summed E-state index contributed by atoms with van der Waals surface area (Å²) in [5.41, 5.74) is 0. The molecule has 0 aromatic heterocycles. The van der Waals surface area contributed by atoms with Gasteiger partial charge < -0.3 is 9.84 Å². The Hall–Kier alpha value is -1.61. The fourth-order valence-electron chi connectivity index (χ4n) is 1.28. The van der Waals surface area contributed by atoms with Crippen LogP contribution in [-0.4, -0.2) is 9.97 Å². The molecular weight excluding hydrogens is 208 g/mol. The summed E-state index contributed by atoms with van der Waals surface area (Å²) in [5.74, 6) is 1.19. The Kier molecular flexibility index (Phi) is 2.83. The minimum atomic E-state index is 0.121. The molecule has 1 aromatic carbocycles. The number of aromatic hydroxyl groups is 1. The summed E-state index contributed by atoms with van der Waals surface area (Å²) in [6, 6.07) is 6.84. The first-order chi connectivity index (χ1) is 7.27. The fraction of sp³-hybridized carbons (Fsp3) is 0.0833. The highest BCUT2D eigenvalue weighted by molar-refractivity contribution is 7.80. The molecule has 0 heterocycles. The van der Waals surface area contributed by atoms with E-state index in [4.69, 9.17) is 17.0 Å². The van der Waals surface area contributed by atoms with Crippen LogP contribution in [0.25, 0.3) is 0 Å². The molecule has 1 N–H and O–H groups in total. The number of phenolic OH excluding ortho intramolecular Hbond substituents is 1. The van der Waals surface area contributed by atoms with E-state index in [1.54, 1.807) is 30.3 Å². The van der Waals surface area contributed by atoms with Gasteiger partial charge in [-0.2, -0.15) is 0 Å². The van der Waals surface area contributed by atoms with E-state index in [-0.39, 0.29) is 5.75 Å². The van der Waals surface area contributed by atoms with Crippen molar-refractivity contribution in [2.45, 2.75) is 6.42 Å². The van der Waals surface area contributed by atoms with Gasteiger partial charge in [0, 0.05) is 6.42 Å². The monoisotopic (exact) mass is 218 g/mol. The number of hydrogen-bond acceptors (Lipinski definition) is 3. The lowest BCUT2D eigenvalue weighted by Crippen LogP contribution is -2.08. The number of benzene rings is 1. The van der Waals surface area contributed by atoms with Gasteiger partial charge in [0.1, 0.15) is 5.76 Å². The van der Waals surface area contributed by atoms with E-state index in [0.29, 0.717) is 11.5 Å². The fourth-order valence-corrected chi connectivity index (χ4v) is 1.48. The second-order valence-electron chi connectivity index (χ2n) is 3.16. The van der Waals surface area contributed by atoms with E-state index < -0.39 is 0 Å². The van der Waals surface area contributed by atoms with Crippen molar-refractivity contribution in [3.63, 3.8) is 0 Å². The van der Waals surface area contributed by atoms with Gasteiger partial charge in [-0.3, -0.25) is 0 Å². The number of para-hydroxylation sites is 2. The van der Waals surface area contributed by atoms with Crippen LogP contribution < -0.4 is 4.74 Å². The van der Waals surface area contributed by atoms with Crippen molar-refractivity contribution in [3.8, 4) is 11.5 Å². The molecule has 0 saturated heterocycles. The van der Waals surface area contributed by atoms with Crippen LogP contribution in [-0.2, 0) is 0 Å². The first kappa shape index (κ1) is 9.93. The predicted octanol–water partition coefficient (Wildman–Crippen LogP) is 2.98. The van der Waals surface area contributed by atoms with Crippen molar-refractivity contribution in [2.24, 2.45) is 0 Å². The van der Waals surface area contributed by atoms with Crippen LogP contribution in [0.3, 0.4) is 0 Å². The van der Waals surface area contributed by atoms with E-state index in [0.717, 1.165) is 11.3 Å². The summed E-state index contributed by atoms with van der Waals surface area (Å²) < 4.78 is 5.52. The summed E-state index contributed by atoms with van der Waals surface area (Å²) in [4.78, 5) is 0.751. The summed E-state index contributed by atoms with van der Waals surface area (Å²) >= 11 is 5.14. The van der Waals surface area contributed by atoms with Crippen molar-refractivity contribution in [1.82, 2.24) is 0 Å². The number of phenols is 1. The summed E-state index contributed by atoms with van der Waals surface area (Å²) in [6.07, 6.45) is 6.39. The number of hydrogen-bond donors (Lipinski definition) is 1. The van der Waals surface area contributed by atoms with E-state index in [2.05, 4.69) is 0 Å². The first-order valence-electron chi connectivity index (χ1n) is 4.63. The zero-order valence-electron chi connectivity index (χ0n) is 8.01. The van der Waals surface area contributed by atoms with Crippen LogP contribution in [0.1, 0.15) is 6.42 Å². The largest absolute Gasteiger partial charge is 0.504 e. The minimum absolute atomic E-state index is 0.121. The second-order valence-corrected chi connectivity index (χ2v) is 3.65. The van der Waals surface area contributed by atoms with Gasteiger partial charge in [-0.15, -0.1) is 0 Å². The Morgan fingerprint density at radius 1 is 1.27 bits per heavy atom. The van der Waals surface area contributed by atoms with Gasteiger partial charge in [0.15, 0.2) is 11.5 Å². The third kappa shape index (κ3) is 2.25. The highest BCUT2D eigenvalue weighted by atomic mass is 32.1. The van der Waals surface area contributed by atoms with Gasteiger partial charge in [0.05, 0.1) is 4.86 Å². The zero-order valence-corrected chi connectivity index (χ0v) is 8.83. The molecule has 2 rings (SSSR count). The molecule has 1 aromatic rings. The van der Waals surface area contributed by atoms with Crippen LogP contribution >= 0.6 is 12.2 Å². The molecule has 0 spiro atoms. The summed E-state index contributed by atoms with van der Waals surface area (Å²) in [6.45, 7) is 0. The van der Waals surface area contributed by atoms with Gasteiger partial charge >= 0.3 is 0 Å². The first-order valence-corrected chi connectivity index (χ1v) is 5.04.